The average molecular weight is 393 g/mol. The van der Waals surface area contributed by atoms with Gasteiger partial charge in [0.25, 0.3) is 5.91 Å². The highest BCUT2D eigenvalue weighted by molar-refractivity contribution is 7.99. The van der Waals surface area contributed by atoms with Crippen LogP contribution in [0, 0.1) is 5.41 Å². The van der Waals surface area contributed by atoms with Crippen LogP contribution in [0.1, 0.15) is 5.56 Å². The van der Waals surface area contributed by atoms with Crippen LogP contribution in [0.5, 0.6) is 0 Å². The summed E-state index contributed by atoms with van der Waals surface area (Å²) < 4.78 is 0. The van der Waals surface area contributed by atoms with Crippen LogP contribution in [-0.4, -0.2) is 41.9 Å². The molecular formula is C21H19N3O3S. The third-order valence-electron chi connectivity index (χ3n) is 5.90. The Morgan fingerprint density at radius 1 is 1.00 bits per heavy atom. The summed E-state index contributed by atoms with van der Waals surface area (Å²) in [6.45, 7) is 0.772. The molecule has 0 radical (unpaired) electrons. The Labute approximate surface area is 166 Å². The highest BCUT2D eigenvalue weighted by Crippen LogP contribution is 2.47. The molecule has 2 aromatic carbocycles. The van der Waals surface area contributed by atoms with Crippen LogP contribution in [0.15, 0.2) is 54.6 Å². The number of imide groups is 2. The normalized spacial score (nSPS) is 26.7. The SMILES string of the molecule is O=C1NC(=O)[C@]2(Cc3ccccc3N3CCSC[C@@H]32)C(=O)N1c1ccccc1. The molecule has 5 rings (SSSR count). The van der Waals surface area contributed by atoms with Gasteiger partial charge in [-0.15, -0.1) is 0 Å². The van der Waals surface area contributed by atoms with E-state index >= 15 is 0 Å². The molecule has 0 aromatic heterocycles. The largest absolute Gasteiger partial charge is 0.365 e. The Kier molecular flexibility index (Phi) is 3.94. The number of amides is 4. The summed E-state index contributed by atoms with van der Waals surface area (Å²) in [5, 5.41) is 2.47. The van der Waals surface area contributed by atoms with E-state index in [4.69, 9.17) is 0 Å². The minimum atomic E-state index is -1.31. The van der Waals surface area contributed by atoms with Crippen LogP contribution in [0.2, 0.25) is 0 Å². The number of nitrogens with zero attached hydrogens (tertiary/aromatic N) is 2. The number of barbiturate groups is 1. The van der Waals surface area contributed by atoms with Crippen molar-refractivity contribution in [3.63, 3.8) is 0 Å². The number of thioether (sulfide) groups is 1. The standard InChI is InChI=1S/C21H19N3O3S/c25-18-21(19(26)24(20(27)22-18)15-7-2-1-3-8-15)12-14-6-4-5-9-16(14)23-10-11-28-13-17(21)23/h1-9,17H,10-13H2,(H,22,25,27)/t17-,21-/m1/s1. The fourth-order valence-corrected chi connectivity index (χ4v) is 5.75. The van der Waals surface area contributed by atoms with Crippen molar-refractivity contribution in [2.24, 2.45) is 5.41 Å². The summed E-state index contributed by atoms with van der Waals surface area (Å²) >= 11 is 1.75. The van der Waals surface area contributed by atoms with Gasteiger partial charge in [-0.25, -0.2) is 9.69 Å². The maximum absolute atomic E-state index is 13.8. The van der Waals surface area contributed by atoms with Gasteiger partial charge in [-0.05, 0) is 30.2 Å². The molecule has 1 spiro atoms. The monoisotopic (exact) mass is 393 g/mol. The molecular weight excluding hydrogens is 374 g/mol. The predicted octanol–water partition coefficient (Wildman–Crippen LogP) is 2.43. The summed E-state index contributed by atoms with van der Waals surface area (Å²) in [4.78, 5) is 42.9. The number of carbonyl (C=O) groups excluding carboxylic acids is 3. The van der Waals surface area contributed by atoms with E-state index in [0.717, 1.165) is 28.4 Å². The summed E-state index contributed by atoms with van der Waals surface area (Å²) in [6.07, 6.45) is 0.298. The molecule has 3 heterocycles. The molecule has 2 saturated heterocycles. The Balaban J connectivity index is 1.67. The van der Waals surface area contributed by atoms with Crippen molar-refractivity contribution in [3.8, 4) is 0 Å². The van der Waals surface area contributed by atoms with Crippen molar-refractivity contribution in [1.29, 1.82) is 0 Å². The molecule has 3 aliphatic heterocycles. The molecule has 0 unspecified atom stereocenters. The van der Waals surface area contributed by atoms with E-state index in [0.29, 0.717) is 17.9 Å². The molecule has 3 aliphatic rings. The lowest BCUT2D eigenvalue weighted by Gasteiger charge is -2.53. The predicted molar refractivity (Wildman–Crippen MR) is 109 cm³/mol. The molecule has 28 heavy (non-hydrogen) atoms. The number of urea groups is 1. The molecule has 0 bridgehead atoms. The smallest absolute Gasteiger partial charge is 0.335 e. The second-order valence-electron chi connectivity index (χ2n) is 7.30. The average Bonchev–Trinajstić information content (AvgIpc) is 2.73. The molecule has 2 atom stereocenters. The molecule has 142 valence electrons. The van der Waals surface area contributed by atoms with Crippen molar-refractivity contribution >= 4 is 41.0 Å². The minimum absolute atomic E-state index is 0.284. The first-order valence-corrected chi connectivity index (χ1v) is 10.5. The molecule has 7 heteroatoms. The number of nitrogens with one attached hydrogen (secondary N) is 1. The summed E-state index contributed by atoms with van der Waals surface area (Å²) in [5.74, 6) is 0.698. The third kappa shape index (κ3) is 2.32. The van der Waals surface area contributed by atoms with Crippen molar-refractivity contribution in [2.75, 3.05) is 27.9 Å². The number of hydrogen-bond donors (Lipinski definition) is 1. The molecule has 0 aliphatic carbocycles. The Morgan fingerprint density at radius 3 is 2.57 bits per heavy atom. The quantitative estimate of drug-likeness (QED) is 0.754. The van der Waals surface area contributed by atoms with Crippen LogP contribution >= 0.6 is 11.8 Å². The van der Waals surface area contributed by atoms with E-state index in [1.165, 1.54) is 0 Å². The van der Waals surface area contributed by atoms with Gasteiger partial charge in [0.1, 0.15) is 0 Å². The zero-order chi connectivity index (χ0) is 19.3. The third-order valence-corrected chi connectivity index (χ3v) is 6.92. The Morgan fingerprint density at radius 2 is 1.75 bits per heavy atom. The fraction of sp³-hybridized carbons (Fsp3) is 0.286. The van der Waals surface area contributed by atoms with Gasteiger partial charge in [0.2, 0.25) is 5.91 Å². The van der Waals surface area contributed by atoms with Gasteiger partial charge in [-0.3, -0.25) is 14.9 Å². The highest BCUT2D eigenvalue weighted by Gasteiger charge is 2.62. The summed E-state index contributed by atoms with van der Waals surface area (Å²) in [5.41, 5.74) is 1.22. The van der Waals surface area contributed by atoms with Gasteiger partial charge < -0.3 is 4.90 Å². The maximum atomic E-state index is 13.8. The zero-order valence-electron chi connectivity index (χ0n) is 15.1. The lowest BCUT2D eigenvalue weighted by molar-refractivity contribution is -0.144. The van der Waals surface area contributed by atoms with Crippen molar-refractivity contribution < 1.29 is 14.4 Å². The Bertz CT molecular complexity index is 980. The van der Waals surface area contributed by atoms with Crippen molar-refractivity contribution in [1.82, 2.24) is 5.32 Å². The molecule has 2 fully saturated rings. The van der Waals surface area contributed by atoms with Crippen LogP contribution in [0.25, 0.3) is 0 Å². The van der Waals surface area contributed by atoms with Gasteiger partial charge in [0.05, 0.1) is 11.7 Å². The second-order valence-corrected chi connectivity index (χ2v) is 8.45. The summed E-state index contributed by atoms with van der Waals surface area (Å²) in [6, 6.07) is 15.8. The summed E-state index contributed by atoms with van der Waals surface area (Å²) in [7, 11) is 0. The number of benzene rings is 2. The van der Waals surface area contributed by atoms with Crippen molar-refractivity contribution in [2.45, 2.75) is 12.5 Å². The number of hydrogen-bond acceptors (Lipinski definition) is 5. The highest BCUT2D eigenvalue weighted by atomic mass is 32.2. The number of para-hydroxylation sites is 2. The van der Waals surface area contributed by atoms with Gasteiger partial charge in [-0.2, -0.15) is 11.8 Å². The number of fused-ring (bicyclic) bond motifs is 4. The van der Waals surface area contributed by atoms with Gasteiger partial charge >= 0.3 is 6.03 Å². The first-order chi connectivity index (χ1) is 13.6. The van der Waals surface area contributed by atoms with Crippen LogP contribution in [0.4, 0.5) is 16.2 Å². The van der Waals surface area contributed by atoms with E-state index in [1.54, 1.807) is 36.0 Å². The van der Waals surface area contributed by atoms with Crippen LogP contribution in [0.3, 0.4) is 0 Å². The van der Waals surface area contributed by atoms with Crippen LogP contribution < -0.4 is 15.1 Å². The Hall–Kier alpha value is -2.80. The number of carbonyl (C=O) groups is 3. The van der Waals surface area contributed by atoms with Gasteiger partial charge in [0.15, 0.2) is 5.41 Å². The molecule has 0 saturated carbocycles. The maximum Gasteiger partial charge on any atom is 0.335 e. The number of anilines is 2. The zero-order valence-corrected chi connectivity index (χ0v) is 15.9. The van der Waals surface area contributed by atoms with E-state index in [9.17, 15) is 14.4 Å². The van der Waals surface area contributed by atoms with E-state index in [-0.39, 0.29) is 6.04 Å². The number of rotatable bonds is 1. The van der Waals surface area contributed by atoms with E-state index in [1.807, 2.05) is 24.3 Å². The lowest BCUT2D eigenvalue weighted by atomic mass is 9.69. The first kappa shape index (κ1) is 17.3. The second kappa shape index (κ2) is 6.38. The molecule has 1 N–H and O–H groups in total. The molecule has 4 amide bonds. The lowest BCUT2D eigenvalue weighted by Crippen LogP contribution is -2.73. The van der Waals surface area contributed by atoms with E-state index < -0.39 is 23.3 Å². The van der Waals surface area contributed by atoms with E-state index in [2.05, 4.69) is 16.3 Å². The topological polar surface area (TPSA) is 69.7 Å². The molecule has 2 aromatic rings. The fourth-order valence-electron chi connectivity index (χ4n) is 4.57. The van der Waals surface area contributed by atoms with Crippen molar-refractivity contribution in [3.05, 3.63) is 60.2 Å². The minimum Gasteiger partial charge on any atom is -0.365 e. The van der Waals surface area contributed by atoms with Gasteiger partial charge in [-0.1, -0.05) is 36.4 Å². The van der Waals surface area contributed by atoms with Crippen LogP contribution in [-0.2, 0) is 16.0 Å². The molecule has 6 nitrogen and oxygen atoms in total. The van der Waals surface area contributed by atoms with Gasteiger partial charge in [0, 0.05) is 23.7 Å². The first-order valence-electron chi connectivity index (χ1n) is 9.30.